The predicted molar refractivity (Wildman–Crippen MR) is 72.6 cm³/mol. The van der Waals surface area contributed by atoms with Crippen LogP contribution >= 0.6 is 27.3 Å². The van der Waals surface area contributed by atoms with Gasteiger partial charge in [-0.2, -0.15) is 0 Å². The summed E-state index contributed by atoms with van der Waals surface area (Å²) in [6.45, 7) is 0.637. The van der Waals surface area contributed by atoms with Gasteiger partial charge in [0, 0.05) is 20.6 Å². The van der Waals surface area contributed by atoms with Crippen molar-refractivity contribution < 1.29 is 9.59 Å². The van der Waals surface area contributed by atoms with Crippen LogP contribution in [0.4, 0.5) is 0 Å². The van der Waals surface area contributed by atoms with Gasteiger partial charge in [0.25, 0.3) is 5.91 Å². The Balaban J connectivity index is 2.17. The normalized spacial score (nSPS) is 19.1. The van der Waals surface area contributed by atoms with Gasteiger partial charge in [0.05, 0.1) is 6.20 Å². The fourth-order valence-corrected chi connectivity index (χ4v) is 3.28. The van der Waals surface area contributed by atoms with Crippen molar-refractivity contribution in [2.24, 2.45) is 0 Å². The van der Waals surface area contributed by atoms with Crippen molar-refractivity contribution in [3.05, 3.63) is 15.0 Å². The Morgan fingerprint density at radius 1 is 1.56 bits per heavy atom. The van der Waals surface area contributed by atoms with Gasteiger partial charge < -0.3 is 9.80 Å². The summed E-state index contributed by atoms with van der Waals surface area (Å²) in [5.41, 5.74) is 0. The first kappa shape index (κ1) is 13.5. The van der Waals surface area contributed by atoms with Crippen LogP contribution in [0.25, 0.3) is 0 Å². The van der Waals surface area contributed by atoms with E-state index in [0.29, 0.717) is 15.3 Å². The van der Waals surface area contributed by atoms with E-state index in [0.717, 1.165) is 12.8 Å². The number of halogens is 1. The predicted octanol–water partition coefficient (Wildman–Crippen LogP) is 1.60. The molecule has 7 heteroatoms. The van der Waals surface area contributed by atoms with Crippen molar-refractivity contribution >= 4 is 39.1 Å². The molecule has 2 amide bonds. The molecule has 1 atom stereocenters. The van der Waals surface area contributed by atoms with E-state index in [1.165, 1.54) is 11.3 Å². The molecule has 1 saturated heterocycles. The Morgan fingerprint density at radius 3 is 2.83 bits per heavy atom. The fourth-order valence-electron chi connectivity index (χ4n) is 2.06. The maximum atomic E-state index is 12.3. The number of carbonyl (C=O) groups is 2. The molecule has 0 spiro atoms. The number of likely N-dealkylation sites (N-methyl/N-ethyl adjacent to an activating group) is 1. The van der Waals surface area contributed by atoms with Crippen molar-refractivity contribution in [3.8, 4) is 0 Å². The number of likely N-dealkylation sites (tertiary alicyclic amines) is 1. The molecule has 0 aliphatic carbocycles. The van der Waals surface area contributed by atoms with Gasteiger partial charge in [-0.1, -0.05) is 0 Å². The first-order chi connectivity index (χ1) is 8.50. The van der Waals surface area contributed by atoms with Crippen molar-refractivity contribution in [1.82, 2.24) is 14.8 Å². The minimum atomic E-state index is -0.326. The number of aromatic nitrogens is 1. The maximum absolute atomic E-state index is 12.3. The van der Waals surface area contributed by atoms with E-state index in [2.05, 4.69) is 20.9 Å². The summed E-state index contributed by atoms with van der Waals surface area (Å²) in [6, 6.07) is -0.326. The Morgan fingerprint density at radius 2 is 2.28 bits per heavy atom. The average Bonchev–Trinajstić information content (AvgIpc) is 2.95. The molecule has 0 radical (unpaired) electrons. The third-order valence-electron chi connectivity index (χ3n) is 2.93. The molecule has 2 heterocycles. The molecule has 0 bridgehead atoms. The largest absolute Gasteiger partial charge is 0.347 e. The van der Waals surface area contributed by atoms with Crippen molar-refractivity contribution in [1.29, 1.82) is 0 Å². The van der Waals surface area contributed by atoms with Gasteiger partial charge in [0.1, 0.15) is 10.9 Å². The summed E-state index contributed by atoms with van der Waals surface area (Å²) >= 11 is 4.53. The SMILES string of the molecule is CN(C)C(=O)C1CCCN1C(=O)c1cnc(Br)s1. The standard InChI is InChI=1S/C11H14BrN3O2S/c1-14(2)9(16)7-4-3-5-15(7)10(17)8-6-13-11(12)18-8/h6-7H,3-5H2,1-2H3. The highest BCUT2D eigenvalue weighted by Crippen LogP contribution is 2.25. The molecule has 98 valence electrons. The van der Waals surface area contributed by atoms with E-state index in [1.54, 1.807) is 30.1 Å². The minimum absolute atomic E-state index is 0.00979. The van der Waals surface area contributed by atoms with Gasteiger partial charge in [-0.05, 0) is 28.8 Å². The lowest BCUT2D eigenvalue weighted by Gasteiger charge is -2.25. The Bertz CT molecular complexity index is 475. The van der Waals surface area contributed by atoms with Crippen LogP contribution < -0.4 is 0 Å². The molecule has 1 aliphatic heterocycles. The highest BCUT2D eigenvalue weighted by Gasteiger charge is 2.35. The second kappa shape index (κ2) is 5.36. The molecule has 1 unspecified atom stereocenters. The van der Waals surface area contributed by atoms with Gasteiger partial charge in [-0.15, -0.1) is 11.3 Å². The summed E-state index contributed by atoms with van der Waals surface area (Å²) in [5, 5.41) is 0. The van der Waals surface area contributed by atoms with Crippen molar-refractivity contribution in [2.45, 2.75) is 18.9 Å². The number of amides is 2. The van der Waals surface area contributed by atoms with Gasteiger partial charge in [-0.25, -0.2) is 4.98 Å². The van der Waals surface area contributed by atoms with E-state index in [9.17, 15) is 9.59 Å². The lowest BCUT2D eigenvalue weighted by molar-refractivity contribution is -0.132. The molecule has 18 heavy (non-hydrogen) atoms. The van der Waals surface area contributed by atoms with E-state index in [4.69, 9.17) is 0 Å². The number of thiazole rings is 1. The molecule has 1 aromatic rings. The summed E-state index contributed by atoms with van der Waals surface area (Å²) in [7, 11) is 3.43. The molecular formula is C11H14BrN3O2S. The van der Waals surface area contributed by atoms with Gasteiger partial charge in [0.2, 0.25) is 5.91 Å². The third kappa shape index (κ3) is 2.56. The monoisotopic (exact) mass is 331 g/mol. The summed E-state index contributed by atoms with van der Waals surface area (Å²) < 4.78 is 0.681. The van der Waals surface area contributed by atoms with E-state index < -0.39 is 0 Å². The molecular weight excluding hydrogens is 318 g/mol. The molecule has 1 aliphatic rings. The second-order valence-corrected chi connectivity index (χ2v) is 6.67. The van der Waals surface area contributed by atoms with E-state index in [1.807, 2.05) is 0 Å². The van der Waals surface area contributed by atoms with Crippen LogP contribution in [-0.4, -0.2) is 53.3 Å². The fraction of sp³-hybridized carbons (Fsp3) is 0.545. The molecule has 1 aromatic heterocycles. The molecule has 2 rings (SSSR count). The first-order valence-electron chi connectivity index (χ1n) is 5.64. The van der Waals surface area contributed by atoms with Gasteiger partial charge >= 0.3 is 0 Å². The van der Waals surface area contributed by atoms with Gasteiger partial charge in [0.15, 0.2) is 3.92 Å². The van der Waals surface area contributed by atoms with Gasteiger partial charge in [-0.3, -0.25) is 9.59 Å². The zero-order chi connectivity index (χ0) is 13.3. The Labute approximate surface area is 118 Å². The lowest BCUT2D eigenvalue weighted by atomic mass is 10.2. The number of hydrogen-bond donors (Lipinski definition) is 0. The smallest absolute Gasteiger partial charge is 0.266 e. The number of hydrogen-bond acceptors (Lipinski definition) is 4. The van der Waals surface area contributed by atoms with E-state index >= 15 is 0 Å². The molecule has 0 aromatic carbocycles. The quantitative estimate of drug-likeness (QED) is 0.827. The number of carbonyl (C=O) groups excluding carboxylic acids is 2. The zero-order valence-corrected chi connectivity index (χ0v) is 12.6. The van der Waals surface area contributed by atoms with E-state index in [-0.39, 0.29) is 17.9 Å². The lowest BCUT2D eigenvalue weighted by Crippen LogP contribution is -2.45. The second-order valence-electron chi connectivity index (χ2n) is 4.37. The van der Waals surface area contributed by atoms with Crippen LogP contribution in [0.15, 0.2) is 10.1 Å². The first-order valence-corrected chi connectivity index (χ1v) is 7.25. The summed E-state index contributed by atoms with van der Waals surface area (Å²) in [5.74, 6) is -0.111. The van der Waals surface area contributed by atoms with Crippen LogP contribution in [-0.2, 0) is 4.79 Å². The minimum Gasteiger partial charge on any atom is -0.347 e. The molecule has 1 fully saturated rings. The highest BCUT2D eigenvalue weighted by atomic mass is 79.9. The van der Waals surface area contributed by atoms with Crippen LogP contribution in [0.2, 0.25) is 0 Å². The van der Waals surface area contributed by atoms with Crippen molar-refractivity contribution in [3.63, 3.8) is 0 Å². The highest BCUT2D eigenvalue weighted by molar-refractivity contribution is 9.11. The summed E-state index contributed by atoms with van der Waals surface area (Å²) in [6.07, 6.45) is 3.16. The average molecular weight is 332 g/mol. The molecule has 0 saturated carbocycles. The molecule has 0 N–H and O–H groups in total. The van der Waals surface area contributed by atoms with Crippen LogP contribution in [0.1, 0.15) is 22.5 Å². The van der Waals surface area contributed by atoms with Crippen LogP contribution in [0.3, 0.4) is 0 Å². The Hall–Kier alpha value is -0.950. The number of rotatable bonds is 2. The Kier molecular flexibility index (Phi) is 4.01. The van der Waals surface area contributed by atoms with Crippen molar-refractivity contribution in [2.75, 3.05) is 20.6 Å². The zero-order valence-electron chi connectivity index (χ0n) is 10.2. The van der Waals surface area contributed by atoms with Crippen LogP contribution in [0.5, 0.6) is 0 Å². The topological polar surface area (TPSA) is 53.5 Å². The molecule has 5 nitrogen and oxygen atoms in total. The van der Waals surface area contributed by atoms with Crippen LogP contribution in [0, 0.1) is 0 Å². The summed E-state index contributed by atoms with van der Waals surface area (Å²) in [4.78, 5) is 32.1. The third-order valence-corrected chi connectivity index (χ3v) is 4.39. The number of nitrogens with zero attached hydrogens (tertiary/aromatic N) is 3. The maximum Gasteiger partial charge on any atom is 0.266 e.